The molecule has 0 aromatic heterocycles. The summed E-state index contributed by atoms with van der Waals surface area (Å²) in [5.74, 6) is -2.13. The summed E-state index contributed by atoms with van der Waals surface area (Å²) in [5.41, 5.74) is -0.205. The predicted molar refractivity (Wildman–Crippen MR) is 70.1 cm³/mol. The van der Waals surface area contributed by atoms with Crippen molar-refractivity contribution in [3.8, 4) is 5.75 Å². The number of amides is 2. The predicted octanol–water partition coefficient (Wildman–Crippen LogP) is 2.09. The van der Waals surface area contributed by atoms with Gasteiger partial charge in [0.2, 0.25) is 0 Å². The van der Waals surface area contributed by atoms with Crippen LogP contribution >= 0.6 is 0 Å². The van der Waals surface area contributed by atoms with Crippen LogP contribution in [0.5, 0.6) is 5.75 Å². The van der Waals surface area contributed by atoms with Crippen LogP contribution < -0.4 is 15.4 Å². The molecule has 0 aliphatic heterocycles. The van der Waals surface area contributed by atoms with Crippen LogP contribution in [-0.2, 0) is 11.3 Å². The van der Waals surface area contributed by atoms with Gasteiger partial charge in [0.15, 0.2) is 0 Å². The summed E-state index contributed by atoms with van der Waals surface area (Å²) in [6.45, 7) is -3.33. The number of hydrogen-bond acceptors (Lipinski definition) is 3. The van der Waals surface area contributed by atoms with E-state index in [1.54, 1.807) is 0 Å². The SMILES string of the molecule is O=C(O)CCCNC(=O)NCc1c(F)cccc1OC(F)F. The molecular formula is C13H15F3N2O4. The zero-order valence-electron chi connectivity index (χ0n) is 11.4. The summed E-state index contributed by atoms with van der Waals surface area (Å²) >= 11 is 0. The van der Waals surface area contributed by atoms with E-state index in [1.165, 1.54) is 6.07 Å². The quantitative estimate of drug-likeness (QED) is 0.640. The largest absolute Gasteiger partial charge is 0.481 e. The molecule has 2 amide bonds. The molecule has 0 radical (unpaired) electrons. The minimum Gasteiger partial charge on any atom is -0.481 e. The van der Waals surface area contributed by atoms with Crippen molar-refractivity contribution in [2.24, 2.45) is 0 Å². The first-order valence-electron chi connectivity index (χ1n) is 6.36. The van der Waals surface area contributed by atoms with Crippen molar-refractivity contribution < 1.29 is 32.6 Å². The fourth-order valence-electron chi connectivity index (χ4n) is 1.59. The van der Waals surface area contributed by atoms with Gasteiger partial charge in [0.05, 0.1) is 6.54 Å². The molecule has 0 spiro atoms. The van der Waals surface area contributed by atoms with E-state index in [0.717, 1.165) is 12.1 Å². The monoisotopic (exact) mass is 320 g/mol. The number of hydrogen-bond donors (Lipinski definition) is 3. The Hall–Kier alpha value is -2.45. The van der Waals surface area contributed by atoms with Gasteiger partial charge in [-0.05, 0) is 18.6 Å². The normalized spacial score (nSPS) is 10.4. The Balaban J connectivity index is 2.49. The highest BCUT2D eigenvalue weighted by Crippen LogP contribution is 2.23. The van der Waals surface area contributed by atoms with Crippen LogP contribution in [0.15, 0.2) is 18.2 Å². The van der Waals surface area contributed by atoms with Gasteiger partial charge in [-0.1, -0.05) is 6.07 Å². The van der Waals surface area contributed by atoms with Crippen molar-refractivity contribution in [3.63, 3.8) is 0 Å². The molecule has 6 nitrogen and oxygen atoms in total. The van der Waals surface area contributed by atoms with Crippen molar-refractivity contribution in [2.75, 3.05) is 6.54 Å². The van der Waals surface area contributed by atoms with E-state index < -0.39 is 24.4 Å². The van der Waals surface area contributed by atoms with Crippen molar-refractivity contribution in [2.45, 2.75) is 26.0 Å². The zero-order chi connectivity index (χ0) is 16.5. The molecule has 1 aromatic rings. The lowest BCUT2D eigenvalue weighted by Crippen LogP contribution is -2.36. The maximum Gasteiger partial charge on any atom is 0.387 e. The lowest BCUT2D eigenvalue weighted by atomic mass is 10.2. The van der Waals surface area contributed by atoms with Crippen molar-refractivity contribution in [1.29, 1.82) is 0 Å². The molecular weight excluding hydrogens is 305 g/mol. The van der Waals surface area contributed by atoms with Crippen LogP contribution in [-0.4, -0.2) is 30.3 Å². The van der Waals surface area contributed by atoms with E-state index in [2.05, 4.69) is 15.4 Å². The number of alkyl halides is 2. The Labute approximate surface area is 124 Å². The Bertz CT molecular complexity index is 526. The molecule has 1 rings (SSSR count). The van der Waals surface area contributed by atoms with Gasteiger partial charge in [-0.25, -0.2) is 9.18 Å². The number of carboxylic acid groups (broad SMARTS) is 1. The molecule has 3 N–H and O–H groups in total. The van der Waals surface area contributed by atoms with E-state index in [4.69, 9.17) is 5.11 Å². The number of nitrogens with one attached hydrogen (secondary N) is 2. The lowest BCUT2D eigenvalue weighted by molar-refractivity contribution is -0.137. The summed E-state index contributed by atoms with van der Waals surface area (Å²) in [5, 5.41) is 13.1. The van der Waals surface area contributed by atoms with Crippen molar-refractivity contribution in [1.82, 2.24) is 10.6 Å². The Morgan fingerprint density at radius 1 is 1.27 bits per heavy atom. The summed E-state index contributed by atoms with van der Waals surface area (Å²) in [6, 6.07) is 2.76. The first-order valence-corrected chi connectivity index (χ1v) is 6.36. The number of carbonyl (C=O) groups is 2. The topological polar surface area (TPSA) is 87.7 Å². The molecule has 122 valence electrons. The number of aliphatic carboxylic acids is 1. The first kappa shape index (κ1) is 17.6. The van der Waals surface area contributed by atoms with Gasteiger partial charge in [0.1, 0.15) is 11.6 Å². The van der Waals surface area contributed by atoms with Gasteiger partial charge < -0.3 is 20.5 Å². The number of ether oxygens (including phenoxy) is 1. The highest BCUT2D eigenvalue weighted by molar-refractivity contribution is 5.74. The fraction of sp³-hybridized carbons (Fsp3) is 0.385. The number of urea groups is 1. The second kappa shape index (κ2) is 8.75. The van der Waals surface area contributed by atoms with Gasteiger partial charge in [-0.15, -0.1) is 0 Å². The number of rotatable bonds is 8. The molecule has 9 heteroatoms. The third-order valence-electron chi connectivity index (χ3n) is 2.57. The average Bonchev–Trinajstić information content (AvgIpc) is 2.42. The minimum atomic E-state index is -3.11. The van der Waals surface area contributed by atoms with Crippen LogP contribution in [0, 0.1) is 5.82 Å². The third-order valence-corrected chi connectivity index (χ3v) is 2.57. The van der Waals surface area contributed by atoms with Crippen molar-refractivity contribution >= 4 is 12.0 Å². The Morgan fingerprint density at radius 3 is 2.64 bits per heavy atom. The molecule has 0 heterocycles. The lowest BCUT2D eigenvalue weighted by Gasteiger charge is -2.12. The van der Waals surface area contributed by atoms with Crippen LogP contribution in [0.25, 0.3) is 0 Å². The minimum absolute atomic E-state index is 0.0973. The van der Waals surface area contributed by atoms with E-state index in [0.29, 0.717) is 0 Å². The molecule has 0 aliphatic carbocycles. The molecule has 1 aromatic carbocycles. The molecule has 0 aliphatic rings. The number of carbonyl (C=O) groups excluding carboxylic acids is 1. The maximum absolute atomic E-state index is 13.6. The summed E-state index contributed by atoms with van der Waals surface area (Å²) in [6.07, 6.45) is 0.141. The molecule has 0 atom stereocenters. The first-order chi connectivity index (χ1) is 10.4. The Kier molecular flexibility index (Phi) is 7.00. The van der Waals surface area contributed by atoms with Gasteiger partial charge in [0.25, 0.3) is 0 Å². The Morgan fingerprint density at radius 2 is 2.00 bits per heavy atom. The van der Waals surface area contributed by atoms with Gasteiger partial charge >= 0.3 is 18.6 Å². The van der Waals surface area contributed by atoms with E-state index in [1.807, 2.05) is 0 Å². The van der Waals surface area contributed by atoms with Crippen LogP contribution in [0.2, 0.25) is 0 Å². The zero-order valence-corrected chi connectivity index (χ0v) is 11.4. The highest BCUT2D eigenvalue weighted by atomic mass is 19.3. The molecule has 0 saturated heterocycles. The van der Waals surface area contributed by atoms with Crippen molar-refractivity contribution in [3.05, 3.63) is 29.6 Å². The van der Waals surface area contributed by atoms with E-state index in [-0.39, 0.29) is 37.2 Å². The van der Waals surface area contributed by atoms with Gasteiger partial charge in [0, 0.05) is 18.5 Å². The standard InChI is InChI=1S/C13H15F3N2O4/c14-9-3-1-4-10(22-12(15)16)8(9)7-18-13(21)17-6-2-5-11(19)20/h1,3-4,12H,2,5-7H2,(H,19,20)(H2,17,18,21). The fourth-order valence-corrected chi connectivity index (χ4v) is 1.59. The summed E-state index contributed by atoms with van der Waals surface area (Å²) in [7, 11) is 0. The molecule has 0 saturated carbocycles. The van der Waals surface area contributed by atoms with Crippen LogP contribution in [0.1, 0.15) is 18.4 Å². The number of halogens is 3. The van der Waals surface area contributed by atoms with E-state index in [9.17, 15) is 22.8 Å². The second-order valence-electron chi connectivity index (χ2n) is 4.20. The smallest absolute Gasteiger partial charge is 0.387 e. The maximum atomic E-state index is 13.6. The van der Waals surface area contributed by atoms with Gasteiger partial charge in [-0.3, -0.25) is 4.79 Å². The van der Waals surface area contributed by atoms with E-state index >= 15 is 0 Å². The summed E-state index contributed by atoms with van der Waals surface area (Å²) < 4.78 is 42.2. The third kappa shape index (κ3) is 6.33. The summed E-state index contributed by atoms with van der Waals surface area (Å²) in [4.78, 5) is 21.7. The van der Waals surface area contributed by atoms with Crippen LogP contribution in [0.3, 0.4) is 0 Å². The highest BCUT2D eigenvalue weighted by Gasteiger charge is 2.14. The molecule has 0 unspecified atom stereocenters. The molecule has 0 fully saturated rings. The molecule has 0 bridgehead atoms. The molecule has 22 heavy (non-hydrogen) atoms. The van der Waals surface area contributed by atoms with Crippen LogP contribution in [0.4, 0.5) is 18.0 Å². The number of benzene rings is 1. The average molecular weight is 320 g/mol. The number of carboxylic acids is 1. The second-order valence-corrected chi connectivity index (χ2v) is 4.20. The van der Waals surface area contributed by atoms with Gasteiger partial charge in [-0.2, -0.15) is 8.78 Å².